The lowest BCUT2D eigenvalue weighted by atomic mass is 10.1. The second-order valence-electron chi connectivity index (χ2n) is 6.21. The monoisotopic (exact) mass is 319 g/mol. The van der Waals surface area contributed by atoms with Crippen molar-refractivity contribution in [2.75, 3.05) is 0 Å². The molecule has 2 rings (SSSR count). The molecule has 1 aromatic carbocycles. The van der Waals surface area contributed by atoms with Crippen molar-refractivity contribution >= 4 is 6.09 Å². The molecule has 0 aliphatic carbocycles. The first-order valence-electron chi connectivity index (χ1n) is 7.26. The highest BCUT2D eigenvalue weighted by atomic mass is 16.6. The summed E-state index contributed by atoms with van der Waals surface area (Å²) in [6.07, 6.45) is 0.762. The van der Waals surface area contributed by atoms with Gasteiger partial charge in [-0.25, -0.2) is 9.59 Å². The lowest BCUT2D eigenvalue weighted by molar-refractivity contribution is 0.0523. The van der Waals surface area contributed by atoms with E-state index < -0.39 is 11.7 Å². The van der Waals surface area contributed by atoms with Crippen molar-refractivity contribution in [2.45, 2.75) is 39.5 Å². The van der Waals surface area contributed by atoms with Crippen LogP contribution in [0.3, 0.4) is 0 Å². The molecule has 1 heterocycles. The molecule has 0 bridgehead atoms. The quantitative estimate of drug-likeness (QED) is 0.802. The van der Waals surface area contributed by atoms with Crippen molar-refractivity contribution in [1.82, 2.24) is 14.9 Å². The van der Waals surface area contributed by atoms with Crippen molar-refractivity contribution in [3.8, 4) is 5.88 Å². The fourth-order valence-electron chi connectivity index (χ4n) is 2.05. The predicted octanol–water partition coefficient (Wildman–Crippen LogP) is 1.95. The standard InChI is InChI=1S/C16H21N3O4/c1-16(2,3)23-15(22)18-8-11-5-4-6-12(7-11)10-19-13(20)9-17-14(19)21/h4-7,9,20H,8,10H2,1-3H3,(H,17,21)(H,18,22). The zero-order chi connectivity index (χ0) is 17.0. The number of rotatable bonds is 4. The van der Waals surface area contributed by atoms with Crippen LogP contribution >= 0.6 is 0 Å². The minimum absolute atomic E-state index is 0.118. The summed E-state index contributed by atoms with van der Waals surface area (Å²) in [5, 5.41) is 12.3. The van der Waals surface area contributed by atoms with Gasteiger partial charge in [0, 0.05) is 6.54 Å². The number of carbonyl (C=O) groups is 1. The number of nitrogens with one attached hydrogen (secondary N) is 2. The molecule has 0 atom stereocenters. The van der Waals surface area contributed by atoms with E-state index in [2.05, 4.69) is 10.3 Å². The lowest BCUT2D eigenvalue weighted by Gasteiger charge is -2.19. The minimum atomic E-state index is -0.543. The molecule has 3 N–H and O–H groups in total. The summed E-state index contributed by atoms with van der Waals surface area (Å²) in [7, 11) is 0. The first-order valence-corrected chi connectivity index (χ1v) is 7.26. The molecule has 0 unspecified atom stereocenters. The lowest BCUT2D eigenvalue weighted by Crippen LogP contribution is -2.32. The summed E-state index contributed by atoms with van der Waals surface area (Å²) < 4.78 is 6.40. The molecular formula is C16H21N3O4. The molecule has 1 amide bonds. The number of alkyl carbamates (subject to hydrolysis) is 1. The maximum absolute atomic E-state index is 11.6. The zero-order valence-electron chi connectivity index (χ0n) is 13.4. The number of ether oxygens (including phenoxy) is 1. The molecule has 124 valence electrons. The molecule has 0 spiro atoms. The maximum atomic E-state index is 11.6. The minimum Gasteiger partial charge on any atom is -0.493 e. The summed E-state index contributed by atoms with van der Waals surface area (Å²) in [6.45, 7) is 5.96. The third-order valence-electron chi connectivity index (χ3n) is 3.01. The van der Waals surface area contributed by atoms with Crippen molar-refractivity contribution in [3.05, 3.63) is 52.1 Å². The molecule has 0 fully saturated rings. The number of aromatic hydroxyl groups is 1. The second kappa shape index (κ2) is 6.60. The van der Waals surface area contributed by atoms with E-state index in [-0.39, 0.29) is 18.1 Å². The van der Waals surface area contributed by atoms with E-state index in [1.165, 1.54) is 10.8 Å². The fourth-order valence-corrected chi connectivity index (χ4v) is 2.05. The van der Waals surface area contributed by atoms with Gasteiger partial charge in [-0.1, -0.05) is 24.3 Å². The molecule has 1 aromatic heterocycles. The van der Waals surface area contributed by atoms with Gasteiger partial charge in [-0.15, -0.1) is 0 Å². The number of benzene rings is 1. The Morgan fingerprint density at radius 2 is 2.04 bits per heavy atom. The number of hydrogen-bond donors (Lipinski definition) is 3. The number of H-pyrrole nitrogens is 1. The van der Waals surface area contributed by atoms with E-state index in [9.17, 15) is 14.7 Å². The number of aromatic amines is 1. The van der Waals surface area contributed by atoms with Gasteiger partial charge in [0.25, 0.3) is 0 Å². The normalized spacial score (nSPS) is 11.3. The van der Waals surface area contributed by atoms with Gasteiger partial charge in [-0.05, 0) is 31.9 Å². The zero-order valence-corrected chi connectivity index (χ0v) is 13.4. The van der Waals surface area contributed by atoms with Crippen molar-refractivity contribution < 1.29 is 14.6 Å². The highest BCUT2D eigenvalue weighted by Gasteiger charge is 2.15. The fraction of sp³-hybridized carbons (Fsp3) is 0.375. The van der Waals surface area contributed by atoms with Gasteiger partial charge in [0.1, 0.15) is 5.60 Å². The van der Waals surface area contributed by atoms with Gasteiger partial charge in [-0.2, -0.15) is 0 Å². The molecule has 7 heteroatoms. The molecule has 0 aliphatic heterocycles. The van der Waals surface area contributed by atoms with Crippen LogP contribution in [-0.2, 0) is 17.8 Å². The van der Waals surface area contributed by atoms with E-state index >= 15 is 0 Å². The van der Waals surface area contributed by atoms with Crippen LogP contribution in [0.2, 0.25) is 0 Å². The second-order valence-corrected chi connectivity index (χ2v) is 6.21. The van der Waals surface area contributed by atoms with Crippen molar-refractivity contribution in [2.24, 2.45) is 0 Å². The van der Waals surface area contributed by atoms with Gasteiger partial charge >= 0.3 is 11.8 Å². The van der Waals surface area contributed by atoms with E-state index in [0.29, 0.717) is 6.54 Å². The number of aromatic nitrogens is 2. The summed E-state index contributed by atoms with van der Waals surface area (Å²) in [4.78, 5) is 25.6. The van der Waals surface area contributed by atoms with Crippen LogP contribution in [0.25, 0.3) is 0 Å². The van der Waals surface area contributed by atoms with E-state index in [4.69, 9.17) is 4.74 Å². The third kappa shape index (κ3) is 4.91. The summed E-state index contributed by atoms with van der Waals surface area (Å²) in [6, 6.07) is 7.39. The van der Waals surface area contributed by atoms with Crippen LogP contribution in [0.15, 0.2) is 35.3 Å². The van der Waals surface area contributed by atoms with Crippen LogP contribution in [-0.4, -0.2) is 26.4 Å². The molecule has 2 aromatic rings. The Hall–Kier alpha value is -2.70. The van der Waals surface area contributed by atoms with E-state index in [0.717, 1.165) is 11.1 Å². The number of amides is 1. The van der Waals surface area contributed by atoms with Gasteiger partial charge in [0.2, 0.25) is 5.88 Å². The van der Waals surface area contributed by atoms with Crippen LogP contribution < -0.4 is 11.0 Å². The van der Waals surface area contributed by atoms with Gasteiger partial charge < -0.3 is 20.1 Å². The Kier molecular flexibility index (Phi) is 4.78. The average Bonchev–Trinajstić information content (AvgIpc) is 2.76. The Labute approximate surface area is 133 Å². The van der Waals surface area contributed by atoms with Crippen molar-refractivity contribution in [1.29, 1.82) is 0 Å². The Bertz CT molecular complexity index is 740. The summed E-state index contributed by atoms with van der Waals surface area (Å²) >= 11 is 0. The average molecular weight is 319 g/mol. The summed E-state index contributed by atoms with van der Waals surface area (Å²) in [5.74, 6) is -0.118. The number of carbonyl (C=O) groups excluding carboxylic acids is 1. The third-order valence-corrected chi connectivity index (χ3v) is 3.01. The molecule has 0 aliphatic rings. The smallest absolute Gasteiger partial charge is 0.407 e. The topological polar surface area (TPSA) is 96.3 Å². The van der Waals surface area contributed by atoms with Gasteiger partial charge in [0.05, 0.1) is 12.7 Å². The first-order chi connectivity index (χ1) is 10.7. The van der Waals surface area contributed by atoms with Gasteiger partial charge in [-0.3, -0.25) is 4.57 Å². The highest BCUT2D eigenvalue weighted by molar-refractivity contribution is 5.67. The Balaban J connectivity index is 2.00. The van der Waals surface area contributed by atoms with Gasteiger partial charge in [0.15, 0.2) is 0 Å². The molecular weight excluding hydrogens is 298 g/mol. The SMILES string of the molecule is CC(C)(C)OC(=O)NCc1cccc(Cn2c(O)c[nH]c2=O)c1. The number of nitrogens with zero attached hydrogens (tertiary/aromatic N) is 1. The van der Waals surface area contributed by atoms with E-state index in [1.54, 1.807) is 20.8 Å². The predicted molar refractivity (Wildman–Crippen MR) is 85.3 cm³/mol. The first kappa shape index (κ1) is 16.7. The number of hydrogen-bond acceptors (Lipinski definition) is 4. The maximum Gasteiger partial charge on any atom is 0.407 e. The van der Waals surface area contributed by atoms with Crippen LogP contribution in [0.5, 0.6) is 5.88 Å². The molecule has 0 radical (unpaired) electrons. The van der Waals surface area contributed by atoms with Crippen LogP contribution in [0.1, 0.15) is 31.9 Å². The largest absolute Gasteiger partial charge is 0.493 e. The summed E-state index contributed by atoms with van der Waals surface area (Å²) in [5.41, 5.74) is 0.792. The van der Waals surface area contributed by atoms with E-state index in [1.807, 2.05) is 24.3 Å². The molecule has 23 heavy (non-hydrogen) atoms. The highest BCUT2D eigenvalue weighted by Crippen LogP contribution is 2.11. The Morgan fingerprint density at radius 1 is 1.35 bits per heavy atom. The molecule has 0 saturated carbocycles. The molecule has 7 nitrogen and oxygen atoms in total. The van der Waals surface area contributed by atoms with Crippen molar-refractivity contribution in [3.63, 3.8) is 0 Å². The molecule has 0 saturated heterocycles. The van der Waals surface area contributed by atoms with Crippen LogP contribution in [0.4, 0.5) is 4.79 Å². The Morgan fingerprint density at radius 3 is 2.65 bits per heavy atom. The number of imidazole rings is 1. The van der Waals surface area contributed by atoms with Crippen LogP contribution in [0, 0.1) is 0 Å².